The Morgan fingerprint density at radius 2 is 1.77 bits per heavy atom. The fourth-order valence-electron chi connectivity index (χ4n) is 3.35. The molecule has 0 aliphatic carbocycles. The van der Waals surface area contributed by atoms with Gasteiger partial charge in [0.1, 0.15) is 11.7 Å². The van der Waals surface area contributed by atoms with Gasteiger partial charge in [0, 0.05) is 38.9 Å². The van der Waals surface area contributed by atoms with Crippen molar-refractivity contribution >= 4 is 17.5 Å². The van der Waals surface area contributed by atoms with E-state index in [1.807, 2.05) is 34.9 Å². The Morgan fingerprint density at radius 1 is 1.00 bits per heavy atom. The average Bonchev–Trinajstić information content (AvgIpc) is 3.08. The molecule has 0 bridgehead atoms. The number of rotatable bonds is 4. The molecule has 3 aromatic rings. The first-order valence-electron chi connectivity index (χ1n) is 8.91. The van der Waals surface area contributed by atoms with Gasteiger partial charge in [0.15, 0.2) is 11.5 Å². The van der Waals surface area contributed by atoms with Gasteiger partial charge >= 0.3 is 0 Å². The minimum atomic E-state index is 0.623. The molecule has 5 nitrogen and oxygen atoms in total. The summed E-state index contributed by atoms with van der Waals surface area (Å²) in [7, 11) is 0. The molecule has 1 aliphatic rings. The monoisotopic (exact) mass is 343 g/mol. The molecule has 0 spiro atoms. The molecule has 2 aromatic heterocycles. The average molecular weight is 343 g/mol. The fourth-order valence-corrected chi connectivity index (χ4v) is 3.35. The zero-order valence-electron chi connectivity index (χ0n) is 14.6. The maximum Gasteiger partial charge on any atom is 0.169 e. The van der Waals surface area contributed by atoms with Gasteiger partial charge in [-0.15, -0.1) is 0 Å². The van der Waals surface area contributed by atoms with Crippen LogP contribution in [0.5, 0.6) is 0 Å². The number of pyridine rings is 1. The fraction of sp³-hybridized carbons (Fsp3) is 0.238. The van der Waals surface area contributed by atoms with E-state index < -0.39 is 0 Å². The standard InChI is InChI=1S/C21H21N5/c22-17-19-21(23-20-10-4-5-12-26(19)20)25-15-13-24(14-16-25)11-6-9-18-7-2-1-3-8-18/h1-10,12H,11,13-16H2/b9-6+. The van der Waals surface area contributed by atoms with Gasteiger partial charge in [-0.05, 0) is 17.7 Å². The molecule has 5 heteroatoms. The van der Waals surface area contributed by atoms with Gasteiger partial charge in [-0.3, -0.25) is 9.30 Å². The van der Waals surface area contributed by atoms with E-state index in [0.29, 0.717) is 5.69 Å². The minimum absolute atomic E-state index is 0.623. The van der Waals surface area contributed by atoms with E-state index in [9.17, 15) is 5.26 Å². The van der Waals surface area contributed by atoms with Crippen molar-refractivity contribution in [2.45, 2.75) is 0 Å². The molecule has 0 atom stereocenters. The first-order valence-corrected chi connectivity index (χ1v) is 8.91. The molecule has 1 fully saturated rings. The van der Waals surface area contributed by atoms with E-state index in [0.717, 1.165) is 44.2 Å². The van der Waals surface area contributed by atoms with Crippen molar-refractivity contribution in [3.8, 4) is 6.07 Å². The molecular formula is C21H21N5. The normalized spacial score (nSPS) is 15.6. The van der Waals surface area contributed by atoms with Gasteiger partial charge in [-0.1, -0.05) is 48.6 Å². The lowest BCUT2D eigenvalue weighted by Crippen LogP contribution is -2.46. The van der Waals surface area contributed by atoms with Crippen molar-refractivity contribution in [3.05, 3.63) is 72.1 Å². The number of anilines is 1. The van der Waals surface area contributed by atoms with Gasteiger partial charge < -0.3 is 4.90 Å². The largest absolute Gasteiger partial charge is 0.352 e. The van der Waals surface area contributed by atoms with Crippen LogP contribution in [0, 0.1) is 11.3 Å². The number of nitrogens with zero attached hydrogens (tertiary/aromatic N) is 5. The Kier molecular flexibility index (Phi) is 4.67. The molecule has 3 heterocycles. The number of benzene rings is 1. The number of aromatic nitrogens is 2. The molecule has 0 saturated carbocycles. The molecule has 0 unspecified atom stereocenters. The first-order chi connectivity index (χ1) is 12.8. The quantitative estimate of drug-likeness (QED) is 0.730. The molecule has 1 aliphatic heterocycles. The number of nitriles is 1. The van der Waals surface area contributed by atoms with Crippen LogP contribution in [0.15, 0.2) is 60.8 Å². The lowest BCUT2D eigenvalue weighted by atomic mass is 10.2. The second-order valence-corrected chi connectivity index (χ2v) is 6.43. The topological polar surface area (TPSA) is 47.6 Å². The predicted octanol–water partition coefficient (Wildman–Crippen LogP) is 3.04. The van der Waals surface area contributed by atoms with Gasteiger partial charge in [0.25, 0.3) is 0 Å². The zero-order valence-corrected chi connectivity index (χ0v) is 14.6. The molecule has 0 N–H and O–H groups in total. The molecule has 26 heavy (non-hydrogen) atoms. The second kappa shape index (κ2) is 7.42. The van der Waals surface area contributed by atoms with E-state index in [4.69, 9.17) is 0 Å². The van der Waals surface area contributed by atoms with Gasteiger partial charge in [-0.25, -0.2) is 4.98 Å². The highest BCUT2D eigenvalue weighted by Crippen LogP contribution is 2.22. The summed E-state index contributed by atoms with van der Waals surface area (Å²) in [6.07, 6.45) is 6.29. The van der Waals surface area contributed by atoms with Crippen molar-refractivity contribution < 1.29 is 0 Å². The smallest absolute Gasteiger partial charge is 0.169 e. The van der Waals surface area contributed by atoms with Crippen LogP contribution in [0.1, 0.15) is 11.3 Å². The highest BCUT2D eigenvalue weighted by atomic mass is 15.3. The third-order valence-corrected chi connectivity index (χ3v) is 4.76. The van der Waals surface area contributed by atoms with Crippen LogP contribution in [0.2, 0.25) is 0 Å². The van der Waals surface area contributed by atoms with Crippen LogP contribution in [-0.4, -0.2) is 47.0 Å². The van der Waals surface area contributed by atoms with Crippen LogP contribution < -0.4 is 4.90 Å². The Hall–Kier alpha value is -3.10. The summed E-state index contributed by atoms with van der Waals surface area (Å²) in [6.45, 7) is 4.66. The SMILES string of the molecule is N#Cc1c(N2CCN(C/C=C/c3ccccc3)CC2)nc2ccccn12. The molecule has 0 amide bonds. The molecule has 0 radical (unpaired) electrons. The number of piperazine rings is 1. The van der Waals surface area contributed by atoms with Crippen LogP contribution in [0.25, 0.3) is 11.7 Å². The summed E-state index contributed by atoms with van der Waals surface area (Å²) in [4.78, 5) is 9.32. The van der Waals surface area contributed by atoms with E-state index in [2.05, 4.69) is 57.3 Å². The zero-order chi connectivity index (χ0) is 17.8. The third-order valence-electron chi connectivity index (χ3n) is 4.76. The number of hydrogen-bond donors (Lipinski definition) is 0. The molecule has 1 saturated heterocycles. The summed E-state index contributed by atoms with van der Waals surface area (Å²) in [6, 6.07) is 18.5. The minimum Gasteiger partial charge on any atom is -0.352 e. The first kappa shape index (κ1) is 16.4. The van der Waals surface area contributed by atoms with E-state index in [-0.39, 0.29) is 0 Å². The Labute approximate surface area is 153 Å². The van der Waals surface area contributed by atoms with Crippen molar-refractivity contribution in [2.24, 2.45) is 0 Å². The van der Waals surface area contributed by atoms with Crippen LogP contribution in [-0.2, 0) is 0 Å². The second-order valence-electron chi connectivity index (χ2n) is 6.43. The number of fused-ring (bicyclic) bond motifs is 1. The van der Waals surface area contributed by atoms with Crippen LogP contribution >= 0.6 is 0 Å². The highest BCUT2D eigenvalue weighted by molar-refractivity contribution is 5.60. The van der Waals surface area contributed by atoms with Crippen LogP contribution in [0.4, 0.5) is 5.82 Å². The molecule has 130 valence electrons. The summed E-state index contributed by atoms with van der Waals surface area (Å²) < 4.78 is 1.87. The summed E-state index contributed by atoms with van der Waals surface area (Å²) in [5.41, 5.74) is 2.68. The van der Waals surface area contributed by atoms with Gasteiger partial charge in [-0.2, -0.15) is 5.26 Å². The molecule has 4 rings (SSSR count). The summed E-state index contributed by atoms with van der Waals surface area (Å²) >= 11 is 0. The molecular weight excluding hydrogens is 322 g/mol. The lowest BCUT2D eigenvalue weighted by molar-refractivity contribution is 0.284. The summed E-state index contributed by atoms with van der Waals surface area (Å²) in [5.74, 6) is 0.804. The van der Waals surface area contributed by atoms with E-state index in [1.165, 1.54) is 5.56 Å². The highest BCUT2D eigenvalue weighted by Gasteiger charge is 2.22. The van der Waals surface area contributed by atoms with Crippen LogP contribution in [0.3, 0.4) is 0 Å². The summed E-state index contributed by atoms with van der Waals surface area (Å²) in [5, 5.41) is 9.56. The Bertz CT molecular complexity index is 943. The van der Waals surface area contributed by atoms with Crippen molar-refractivity contribution in [1.82, 2.24) is 14.3 Å². The van der Waals surface area contributed by atoms with Gasteiger partial charge in [0.2, 0.25) is 0 Å². The number of hydrogen-bond acceptors (Lipinski definition) is 4. The maximum absolute atomic E-state index is 9.56. The number of imidazole rings is 1. The van der Waals surface area contributed by atoms with E-state index >= 15 is 0 Å². The maximum atomic E-state index is 9.56. The van der Waals surface area contributed by atoms with Crippen molar-refractivity contribution in [3.63, 3.8) is 0 Å². The third kappa shape index (κ3) is 3.32. The Balaban J connectivity index is 1.40. The van der Waals surface area contributed by atoms with E-state index in [1.54, 1.807) is 0 Å². The Morgan fingerprint density at radius 3 is 2.54 bits per heavy atom. The van der Waals surface area contributed by atoms with Crippen molar-refractivity contribution in [1.29, 1.82) is 5.26 Å². The molecule has 1 aromatic carbocycles. The van der Waals surface area contributed by atoms with Gasteiger partial charge in [0.05, 0.1) is 0 Å². The van der Waals surface area contributed by atoms with Crippen molar-refractivity contribution in [2.75, 3.05) is 37.6 Å². The predicted molar refractivity (Wildman–Crippen MR) is 104 cm³/mol. The lowest BCUT2D eigenvalue weighted by Gasteiger charge is -2.34.